The van der Waals surface area contributed by atoms with Gasteiger partial charge >= 0.3 is 11.3 Å². The fraction of sp³-hybridized carbons (Fsp3) is 0. The van der Waals surface area contributed by atoms with Gasteiger partial charge in [-0.3, -0.25) is 0 Å². The van der Waals surface area contributed by atoms with Crippen LogP contribution in [0.5, 0.6) is 0 Å². The van der Waals surface area contributed by atoms with Gasteiger partial charge in [-0.2, -0.15) is 0 Å². The lowest BCUT2D eigenvalue weighted by Crippen LogP contribution is -2.29. The average Bonchev–Trinajstić information content (AvgIpc) is 3.08. The summed E-state index contributed by atoms with van der Waals surface area (Å²) in [5.74, 6) is 0. The summed E-state index contributed by atoms with van der Waals surface area (Å²) in [4.78, 5) is 5.80. The van der Waals surface area contributed by atoms with Crippen molar-refractivity contribution < 1.29 is 25.4 Å². The summed E-state index contributed by atoms with van der Waals surface area (Å²) in [6, 6.07) is 11.2. The summed E-state index contributed by atoms with van der Waals surface area (Å²) in [6.07, 6.45) is 6.74. The lowest BCUT2D eigenvalue weighted by molar-refractivity contribution is -0.885. The zero-order chi connectivity index (χ0) is 13.9. The van der Waals surface area contributed by atoms with Crippen molar-refractivity contribution in [3.63, 3.8) is 0 Å². The van der Waals surface area contributed by atoms with Crippen molar-refractivity contribution in [3.8, 4) is 0 Å². The van der Waals surface area contributed by atoms with Gasteiger partial charge in [0.05, 0.1) is 23.2 Å². The number of H-pyrrole nitrogens is 2. The Hall–Kier alpha value is -3.06. The standard InChI is InChI=1S/2C7H6N2O.H2O/c2*10-9-5-1-2-6-3-4-8-7(6)9;/h2*1-5,10H;1H2/p+2. The highest BCUT2D eigenvalue weighted by Gasteiger charge is 2.04. The minimum absolute atomic E-state index is 0. The predicted molar refractivity (Wildman–Crippen MR) is 75.0 cm³/mol. The minimum atomic E-state index is 0. The van der Waals surface area contributed by atoms with E-state index in [1.807, 2.05) is 24.3 Å². The maximum absolute atomic E-state index is 9.15. The van der Waals surface area contributed by atoms with Crippen LogP contribution in [0.1, 0.15) is 0 Å². The summed E-state index contributed by atoms with van der Waals surface area (Å²) in [6.45, 7) is 0. The van der Waals surface area contributed by atoms with E-state index in [1.165, 1.54) is 0 Å². The van der Waals surface area contributed by atoms with Crippen LogP contribution in [0, 0.1) is 0 Å². The molecule has 0 aliphatic carbocycles. The fourth-order valence-corrected chi connectivity index (χ4v) is 2.02. The van der Waals surface area contributed by atoms with Crippen LogP contribution >= 0.6 is 0 Å². The molecule has 0 unspecified atom stereocenters. The molecule has 0 atom stereocenters. The first-order valence-corrected chi connectivity index (χ1v) is 6.10. The van der Waals surface area contributed by atoms with Crippen LogP contribution in [0.25, 0.3) is 22.1 Å². The molecule has 7 nitrogen and oxygen atoms in total. The number of fused-ring (bicyclic) bond motifs is 2. The van der Waals surface area contributed by atoms with E-state index in [2.05, 4.69) is 9.97 Å². The van der Waals surface area contributed by atoms with Gasteiger partial charge in [-0.25, -0.2) is 9.97 Å². The largest absolute Gasteiger partial charge is 0.412 e. The monoisotopic (exact) mass is 288 g/mol. The van der Waals surface area contributed by atoms with Gasteiger partial charge in [0.2, 0.25) is 0 Å². The Kier molecular flexibility index (Phi) is 4.05. The number of nitrogens with zero attached hydrogens (tertiary/aromatic N) is 2. The van der Waals surface area contributed by atoms with E-state index in [4.69, 9.17) is 10.4 Å². The third kappa shape index (κ3) is 2.77. The second-order valence-corrected chi connectivity index (χ2v) is 4.27. The number of pyridine rings is 2. The van der Waals surface area contributed by atoms with Gasteiger partial charge < -0.3 is 15.9 Å². The molecule has 4 rings (SSSR count). The lowest BCUT2D eigenvalue weighted by atomic mass is 10.3. The molecule has 7 heteroatoms. The van der Waals surface area contributed by atoms with Crippen LogP contribution in [-0.4, -0.2) is 25.9 Å². The molecule has 0 amide bonds. The molecule has 0 radical (unpaired) electrons. The minimum Gasteiger partial charge on any atom is -0.412 e. The Morgan fingerprint density at radius 2 is 1.14 bits per heavy atom. The zero-order valence-corrected chi connectivity index (χ0v) is 11.1. The molecule has 0 aliphatic heterocycles. The van der Waals surface area contributed by atoms with Crippen molar-refractivity contribution in [1.82, 2.24) is 9.97 Å². The van der Waals surface area contributed by atoms with Crippen LogP contribution in [0.15, 0.2) is 61.2 Å². The van der Waals surface area contributed by atoms with Crippen molar-refractivity contribution in [3.05, 3.63) is 61.2 Å². The maximum Gasteiger partial charge on any atom is 0.325 e. The molecule has 0 spiro atoms. The first-order valence-electron chi connectivity index (χ1n) is 6.10. The number of aromatic nitrogens is 4. The Morgan fingerprint density at radius 3 is 1.52 bits per heavy atom. The Morgan fingerprint density at radius 1 is 0.714 bits per heavy atom. The van der Waals surface area contributed by atoms with Crippen molar-refractivity contribution in [2.45, 2.75) is 0 Å². The second-order valence-electron chi connectivity index (χ2n) is 4.27. The van der Waals surface area contributed by atoms with E-state index >= 15 is 0 Å². The van der Waals surface area contributed by atoms with Crippen LogP contribution in [0.3, 0.4) is 0 Å². The molecular weight excluding hydrogens is 272 g/mol. The first-order chi connectivity index (χ1) is 9.75. The highest BCUT2D eigenvalue weighted by Crippen LogP contribution is 2.04. The van der Waals surface area contributed by atoms with Gasteiger partial charge in [-0.15, -0.1) is 0 Å². The normalized spacial score (nSPS) is 9.90. The Balaban J connectivity index is 0.000000147. The number of hydrogen-bond donors (Lipinski definition) is 4. The van der Waals surface area contributed by atoms with E-state index in [-0.39, 0.29) is 5.48 Å². The molecule has 4 aromatic heterocycles. The molecule has 4 heterocycles. The molecule has 0 bridgehead atoms. The van der Waals surface area contributed by atoms with Gasteiger partial charge in [0.15, 0.2) is 0 Å². The first kappa shape index (κ1) is 14.4. The zero-order valence-electron chi connectivity index (χ0n) is 11.1. The summed E-state index contributed by atoms with van der Waals surface area (Å²) < 4.78 is 2.13. The van der Waals surface area contributed by atoms with E-state index in [9.17, 15) is 0 Å². The lowest BCUT2D eigenvalue weighted by Gasteiger charge is -1.86. The third-order valence-electron chi connectivity index (χ3n) is 2.98. The van der Waals surface area contributed by atoms with Gasteiger partial charge in [0, 0.05) is 0 Å². The highest BCUT2D eigenvalue weighted by atomic mass is 16.5. The van der Waals surface area contributed by atoms with E-state index in [0.29, 0.717) is 0 Å². The van der Waals surface area contributed by atoms with Crippen molar-refractivity contribution in [2.24, 2.45) is 0 Å². The molecule has 0 aromatic carbocycles. The van der Waals surface area contributed by atoms with Gasteiger partial charge in [-0.1, -0.05) is 9.46 Å². The van der Waals surface area contributed by atoms with Gasteiger partial charge in [-0.05, 0) is 36.4 Å². The van der Waals surface area contributed by atoms with E-state index < -0.39 is 0 Å². The number of aromatic amines is 2. The fourth-order valence-electron chi connectivity index (χ4n) is 2.02. The quantitative estimate of drug-likeness (QED) is 0.280. The smallest absolute Gasteiger partial charge is 0.325 e. The molecule has 6 N–H and O–H groups in total. The summed E-state index contributed by atoms with van der Waals surface area (Å²) in [5, 5.41) is 20.3. The Bertz CT molecular complexity index is 781. The molecule has 0 aliphatic rings. The van der Waals surface area contributed by atoms with E-state index in [0.717, 1.165) is 31.5 Å². The molecule has 108 valence electrons. The van der Waals surface area contributed by atoms with Crippen LogP contribution in [0.4, 0.5) is 0 Å². The summed E-state index contributed by atoms with van der Waals surface area (Å²) in [7, 11) is 0. The molecule has 0 saturated heterocycles. The van der Waals surface area contributed by atoms with Crippen molar-refractivity contribution >= 4 is 22.1 Å². The SMILES string of the molecule is O.O[n+]1cccc2cc[nH]c21.O[n+]1cccc2cc[nH]c21. The number of nitrogens with one attached hydrogen (secondary N) is 2. The maximum atomic E-state index is 9.15. The van der Waals surface area contributed by atoms with Gasteiger partial charge in [0.1, 0.15) is 12.4 Å². The molecular formula is C14H16N4O3+2. The third-order valence-corrected chi connectivity index (χ3v) is 2.98. The number of rotatable bonds is 0. The number of hydrogen-bond acceptors (Lipinski definition) is 2. The highest BCUT2D eigenvalue weighted by molar-refractivity contribution is 5.72. The van der Waals surface area contributed by atoms with Crippen molar-refractivity contribution in [2.75, 3.05) is 0 Å². The molecule has 0 fully saturated rings. The average molecular weight is 288 g/mol. The predicted octanol–water partition coefficient (Wildman–Crippen LogP) is 0.561. The molecule has 21 heavy (non-hydrogen) atoms. The van der Waals surface area contributed by atoms with Crippen LogP contribution in [-0.2, 0) is 0 Å². The Labute approximate surface area is 119 Å². The van der Waals surface area contributed by atoms with Crippen LogP contribution < -0.4 is 9.46 Å². The summed E-state index contributed by atoms with van der Waals surface area (Å²) >= 11 is 0. The van der Waals surface area contributed by atoms with E-state index in [1.54, 1.807) is 36.9 Å². The van der Waals surface area contributed by atoms with Crippen molar-refractivity contribution in [1.29, 1.82) is 0 Å². The van der Waals surface area contributed by atoms with Gasteiger partial charge in [0.25, 0.3) is 0 Å². The molecule has 0 saturated carbocycles. The van der Waals surface area contributed by atoms with Crippen LogP contribution in [0.2, 0.25) is 0 Å². The topological polar surface area (TPSA) is 111 Å². The summed E-state index contributed by atoms with van der Waals surface area (Å²) in [5.41, 5.74) is 1.45. The second kappa shape index (κ2) is 5.93. The molecule has 4 aromatic rings.